The lowest BCUT2D eigenvalue weighted by Gasteiger charge is -2.10. The van der Waals surface area contributed by atoms with Gasteiger partial charge < -0.3 is 5.11 Å². The predicted octanol–water partition coefficient (Wildman–Crippen LogP) is 4.74. The zero-order chi connectivity index (χ0) is 14.5. The Labute approximate surface area is 131 Å². The average molecular weight is 327 g/mol. The van der Waals surface area contributed by atoms with Crippen LogP contribution in [0.4, 0.5) is 0 Å². The number of aliphatic hydroxyl groups excluding tert-OH is 1. The van der Waals surface area contributed by atoms with E-state index < -0.39 is 6.10 Å². The third kappa shape index (κ3) is 4.53. The monoisotopic (exact) mass is 326 g/mol. The molecule has 2 aromatic rings. The molecule has 2 rings (SSSR count). The summed E-state index contributed by atoms with van der Waals surface area (Å²) in [5.74, 6) is 0. The van der Waals surface area contributed by atoms with Crippen LogP contribution in [-0.2, 0) is 4.79 Å². The third-order valence-corrected chi connectivity index (χ3v) is 4.07. The second kappa shape index (κ2) is 7.14. The van der Waals surface area contributed by atoms with Gasteiger partial charge in [-0.25, -0.2) is 0 Å². The van der Waals surface area contributed by atoms with Crippen molar-refractivity contribution < 1.29 is 9.90 Å². The molecule has 1 atom stereocenters. The van der Waals surface area contributed by atoms with E-state index in [1.807, 2.05) is 0 Å². The van der Waals surface area contributed by atoms with Crippen LogP contribution in [0.5, 0.6) is 0 Å². The van der Waals surface area contributed by atoms with E-state index in [9.17, 15) is 9.90 Å². The molecule has 5 heteroatoms. The Hall–Kier alpha value is -1.00. The normalized spacial score (nSPS) is 12.2. The Balaban J connectivity index is 1.93. The molecule has 0 aliphatic rings. The number of halogens is 2. The second-order valence-electron chi connectivity index (χ2n) is 4.20. The zero-order valence-electron chi connectivity index (χ0n) is 10.4. The van der Waals surface area contributed by atoms with Gasteiger partial charge in [-0.15, -0.1) is 0 Å². The van der Waals surface area contributed by atoms with Gasteiger partial charge in [0.2, 0.25) is 0 Å². The average Bonchev–Trinajstić information content (AvgIpc) is 2.42. The Kier molecular flexibility index (Phi) is 5.49. The zero-order valence-corrected chi connectivity index (χ0v) is 12.8. The molecule has 0 saturated heterocycles. The van der Waals surface area contributed by atoms with Crippen molar-refractivity contribution in [2.75, 3.05) is 0 Å². The van der Waals surface area contributed by atoms with Crippen molar-refractivity contribution in [3.05, 3.63) is 64.1 Å². The first-order valence-corrected chi connectivity index (χ1v) is 7.51. The highest BCUT2D eigenvalue weighted by Crippen LogP contribution is 2.26. The van der Waals surface area contributed by atoms with Crippen LogP contribution in [0.25, 0.3) is 0 Å². The van der Waals surface area contributed by atoms with E-state index in [-0.39, 0.29) is 11.5 Å². The van der Waals surface area contributed by atoms with E-state index >= 15 is 0 Å². The molecule has 1 N–H and O–H groups in total. The Morgan fingerprint density at radius 3 is 2.05 bits per heavy atom. The number of benzene rings is 2. The lowest BCUT2D eigenvalue weighted by atomic mass is 10.1. The number of carbonyl (C=O) groups is 1. The molecule has 2 aromatic carbocycles. The Bertz CT molecular complexity index is 582. The first-order chi connectivity index (χ1) is 9.54. The van der Waals surface area contributed by atoms with Gasteiger partial charge in [-0.2, -0.15) is 0 Å². The maximum atomic E-state index is 11.9. The van der Waals surface area contributed by atoms with Crippen molar-refractivity contribution in [2.24, 2.45) is 0 Å². The Morgan fingerprint density at radius 2 is 1.50 bits per heavy atom. The molecular formula is C15H12Cl2O2S. The number of hydrogen-bond acceptors (Lipinski definition) is 3. The summed E-state index contributed by atoms with van der Waals surface area (Å²) in [6.07, 6.45) is -0.769. The van der Waals surface area contributed by atoms with Gasteiger partial charge in [-0.05, 0) is 42.0 Å². The van der Waals surface area contributed by atoms with Crippen LogP contribution in [0.2, 0.25) is 10.0 Å². The van der Waals surface area contributed by atoms with E-state index in [1.165, 1.54) is 0 Å². The molecule has 0 aliphatic heterocycles. The fraction of sp³-hybridized carbons (Fsp3) is 0.133. The number of rotatable bonds is 4. The van der Waals surface area contributed by atoms with Crippen molar-refractivity contribution in [2.45, 2.75) is 17.4 Å². The number of aliphatic hydroxyl groups is 1. The minimum Gasteiger partial charge on any atom is -0.388 e. The largest absolute Gasteiger partial charge is 0.388 e. The molecule has 0 radical (unpaired) electrons. The second-order valence-corrected chi connectivity index (χ2v) is 6.20. The van der Waals surface area contributed by atoms with Crippen LogP contribution < -0.4 is 0 Å². The fourth-order valence-corrected chi connectivity index (χ4v) is 2.66. The first-order valence-electron chi connectivity index (χ1n) is 5.94. The quantitative estimate of drug-likeness (QED) is 0.825. The van der Waals surface area contributed by atoms with Crippen LogP contribution in [0.3, 0.4) is 0 Å². The minimum absolute atomic E-state index is 0.0505. The third-order valence-electron chi connectivity index (χ3n) is 2.66. The lowest BCUT2D eigenvalue weighted by Crippen LogP contribution is -2.03. The maximum absolute atomic E-state index is 11.9. The topological polar surface area (TPSA) is 37.3 Å². The molecule has 104 valence electrons. The molecule has 0 aromatic heterocycles. The van der Waals surface area contributed by atoms with Crippen molar-refractivity contribution in [1.29, 1.82) is 0 Å². The molecule has 0 aliphatic carbocycles. The van der Waals surface area contributed by atoms with Gasteiger partial charge in [0.05, 0.1) is 6.10 Å². The SMILES string of the molecule is O=C(CC(O)c1ccc(Cl)cc1)Sc1ccc(Cl)cc1. The van der Waals surface area contributed by atoms with Crippen LogP contribution in [0.15, 0.2) is 53.4 Å². The molecule has 0 heterocycles. The van der Waals surface area contributed by atoms with Crippen LogP contribution in [-0.4, -0.2) is 10.2 Å². The van der Waals surface area contributed by atoms with Crippen molar-refractivity contribution in [1.82, 2.24) is 0 Å². The van der Waals surface area contributed by atoms with Crippen LogP contribution in [0.1, 0.15) is 18.1 Å². The summed E-state index contributed by atoms with van der Waals surface area (Å²) in [6, 6.07) is 13.8. The fourth-order valence-electron chi connectivity index (χ4n) is 1.64. The molecule has 0 spiro atoms. The molecule has 0 bridgehead atoms. The molecule has 0 fully saturated rings. The van der Waals surface area contributed by atoms with E-state index in [0.29, 0.717) is 15.6 Å². The Morgan fingerprint density at radius 1 is 1.00 bits per heavy atom. The van der Waals surface area contributed by atoms with Crippen LogP contribution >= 0.6 is 35.0 Å². The molecule has 0 saturated carbocycles. The first kappa shape index (κ1) is 15.4. The van der Waals surface area contributed by atoms with Crippen LogP contribution in [0, 0.1) is 0 Å². The van der Waals surface area contributed by atoms with Gasteiger partial charge in [0.1, 0.15) is 0 Å². The number of carbonyl (C=O) groups excluding carboxylic acids is 1. The summed E-state index contributed by atoms with van der Waals surface area (Å²) >= 11 is 12.7. The molecule has 0 amide bonds. The highest BCUT2D eigenvalue weighted by molar-refractivity contribution is 8.13. The van der Waals surface area contributed by atoms with E-state index in [1.54, 1.807) is 48.5 Å². The molecule has 2 nitrogen and oxygen atoms in total. The summed E-state index contributed by atoms with van der Waals surface area (Å²) in [5.41, 5.74) is 0.680. The summed E-state index contributed by atoms with van der Waals surface area (Å²) in [6.45, 7) is 0. The predicted molar refractivity (Wildman–Crippen MR) is 83.3 cm³/mol. The highest BCUT2D eigenvalue weighted by atomic mass is 35.5. The lowest BCUT2D eigenvalue weighted by molar-refractivity contribution is -0.112. The minimum atomic E-state index is -0.820. The van der Waals surface area contributed by atoms with Gasteiger partial charge in [0.25, 0.3) is 0 Å². The van der Waals surface area contributed by atoms with E-state index in [2.05, 4.69) is 0 Å². The summed E-state index contributed by atoms with van der Waals surface area (Å²) in [5, 5.41) is 11.1. The van der Waals surface area contributed by atoms with Crippen molar-refractivity contribution in [3.8, 4) is 0 Å². The summed E-state index contributed by atoms with van der Waals surface area (Å²) in [4.78, 5) is 12.7. The van der Waals surface area contributed by atoms with Crippen molar-refractivity contribution >= 4 is 40.1 Å². The van der Waals surface area contributed by atoms with Gasteiger partial charge >= 0.3 is 0 Å². The van der Waals surface area contributed by atoms with Gasteiger partial charge in [0.15, 0.2) is 5.12 Å². The highest BCUT2D eigenvalue weighted by Gasteiger charge is 2.14. The van der Waals surface area contributed by atoms with Gasteiger partial charge in [-0.3, -0.25) is 4.79 Å². The molecular weight excluding hydrogens is 315 g/mol. The van der Waals surface area contributed by atoms with Gasteiger partial charge in [0, 0.05) is 21.4 Å². The number of hydrogen-bond donors (Lipinski definition) is 1. The maximum Gasteiger partial charge on any atom is 0.196 e. The van der Waals surface area contributed by atoms with Gasteiger partial charge in [-0.1, -0.05) is 47.1 Å². The molecule has 1 unspecified atom stereocenters. The standard InChI is InChI=1S/C15H12Cl2O2S/c16-11-3-1-10(2-4-11)14(18)9-15(19)20-13-7-5-12(17)6-8-13/h1-8,14,18H,9H2. The summed E-state index contributed by atoms with van der Waals surface area (Å²) in [7, 11) is 0. The van der Waals surface area contributed by atoms with E-state index in [4.69, 9.17) is 23.2 Å². The summed E-state index contributed by atoms with van der Waals surface area (Å²) < 4.78 is 0. The number of thioether (sulfide) groups is 1. The van der Waals surface area contributed by atoms with Crippen molar-refractivity contribution in [3.63, 3.8) is 0 Å². The smallest absolute Gasteiger partial charge is 0.196 e. The van der Waals surface area contributed by atoms with E-state index in [0.717, 1.165) is 16.7 Å². The molecule has 20 heavy (non-hydrogen) atoms.